The summed E-state index contributed by atoms with van der Waals surface area (Å²) in [5.41, 5.74) is 11.7. The lowest BCUT2D eigenvalue weighted by Crippen LogP contribution is -2.45. The van der Waals surface area contributed by atoms with Crippen LogP contribution in [0.1, 0.15) is 79.3 Å². The van der Waals surface area contributed by atoms with Crippen molar-refractivity contribution in [2.45, 2.75) is 75.9 Å². The number of aromatic nitrogens is 1. The van der Waals surface area contributed by atoms with Gasteiger partial charge in [-0.2, -0.15) is 0 Å². The predicted octanol–water partition coefficient (Wildman–Crippen LogP) is 0.822. The zero-order valence-corrected chi connectivity index (χ0v) is 21.2. The normalized spacial score (nSPS) is 21.4. The third kappa shape index (κ3) is 7.38. The molecule has 11 nitrogen and oxygen atoms in total. The number of nitrogens with zero attached hydrogens (tertiary/aromatic N) is 2. The number of rotatable bonds is 10. The van der Waals surface area contributed by atoms with Gasteiger partial charge in [0, 0.05) is 37.5 Å². The molecular weight excluding hydrogens is 468 g/mol. The molecule has 2 fully saturated rings. The molecule has 3 atom stereocenters. The number of likely N-dealkylation sites (N-methyl/N-ethyl adjacent to an activating group) is 1. The van der Waals surface area contributed by atoms with E-state index >= 15 is 0 Å². The third-order valence-electron chi connectivity index (χ3n) is 6.71. The van der Waals surface area contributed by atoms with E-state index in [-0.39, 0.29) is 41.5 Å². The van der Waals surface area contributed by atoms with Gasteiger partial charge in [-0.05, 0) is 38.5 Å². The Bertz CT molecular complexity index is 901. The molecule has 194 valence electrons. The number of carbonyl (C=O) groups excluding carboxylic acids is 3. The molecular formula is C23H38N8O3S. The largest absolute Gasteiger partial charge is 0.370 e. The number of carbonyl (C=O) groups is 3. The first-order valence-electron chi connectivity index (χ1n) is 12.4. The Morgan fingerprint density at radius 3 is 2.69 bits per heavy atom. The molecule has 0 bridgehead atoms. The molecule has 1 saturated carbocycles. The lowest BCUT2D eigenvalue weighted by Gasteiger charge is -2.29. The second-order valence-corrected chi connectivity index (χ2v) is 10.3. The van der Waals surface area contributed by atoms with Crippen LogP contribution in [0.5, 0.6) is 0 Å². The Balaban J connectivity index is 1.61. The molecule has 1 aromatic rings. The molecule has 3 rings (SSSR count). The van der Waals surface area contributed by atoms with Crippen molar-refractivity contribution in [3.05, 3.63) is 16.1 Å². The summed E-state index contributed by atoms with van der Waals surface area (Å²) in [5.74, 6) is -0.585. The van der Waals surface area contributed by atoms with Gasteiger partial charge in [0.05, 0.1) is 6.04 Å². The van der Waals surface area contributed by atoms with E-state index in [1.54, 1.807) is 5.38 Å². The summed E-state index contributed by atoms with van der Waals surface area (Å²) < 4.78 is 0. The number of amides is 3. The fourth-order valence-electron chi connectivity index (χ4n) is 4.85. The van der Waals surface area contributed by atoms with Crippen LogP contribution in [0.3, 0.4) is 0 Å². The van der Waals surface area contributed by atoms with Crippen molar-refractivity contribution in [3.63, 3.8) is 0 Å². The molecule has 1 aliphatic carbocycles. The van der Waals surface area contributed by atoms with Gasteiger partial charge in [-0.25, -0.2) is 4.98 Å². The zero-order valence-electron chi connectivity index (χ0n) is 20.3. The summed E-state index contributed by atoms with van der Waals surface area (Å²) in [4.78, 5) is 44.8. The average Bonchev–Trinajstić information content (AvgIpc) is 3.49. The fraction of sp³-hybridized carbons (Fsp3) is 0.696. The monoisotopic (exact) mass is 506 g/mol. The summed E-state index contributed by atoms with van der Waals surface area (Å²) in [7, 11) is 1.53. The molecule has 12 heteroatoms. The number of hydrogen-bond acceptors (Lipinski definition) is 7. The molecule has 3 amide bonds. The van der Waals surface area contributed by atoms with Crippen LogP contribution >= 0.6 is 11.3 Å². The van der Waals surface area contributed by atoms with Crippen LogP contribution in [0.4, 0.5) is 0 Å². The maximum Gasteiger partial charge on any atom is 0.271 e. The molecule has 0 unspecified atom stereocenters. The number of guanidine groups is 1. The first-order valence-corrected chi connectivity index (χ1v) is 13.3. The minimum atomic E-state index is -0.695. The van der Waals surface area contributed by atoms with Crippen LogP contribution in [0.2, 0.25) is 0 Å². The van der Waals surface area contributed by atoms with E-state index in [1.807, 2.05) is 4.90 Å². The van der Waals surface area contributed by atoms with E-state index < -0.39 is 11.9 Å². The van der Waals surface area contributed by atoms with E-state index in [9.17, 15) is 14.4 Å². The summed E-state index contributed by atoms with van der Waals surface area (Å²) in [6.45, 7) is 1.04. The van der Waals surface area contributed by atoms with E-state index in [2.05, 4.69) is 20.9 Å². The minimum absolute atomic E-state index is 0.0539. The van der Waals surface area contributed by atoms with Gasteiger partial charge in [-0.3, -0.25) is 19.8 Å². The fourth-order valence-corrected chi connectivity index (χ4v) is 5.77. The topological polar surface area (TPSA) is 179 Å². The Hall–Kier alpha value is -2.73. The van der Waals surface area contributed by atoms with Crippen molar-refractivity contribution in [2.24, 2.45) is 17.4 Å². The van der Waals surface area contributed by atoms with Crippen LogP contribution in [0.15, 0.2) is 5.38 Å². The van der Waals surface area contributed by atoms with E-state index in [0.717, 1.165) is 25.7 Å². The highest BCUT2D eigenvalue weighted by atomic mass is 32.1. The lowest BCUT2D eigenvalue weighted by atomic mass is 9.88. The Morgan fingerprint density at radius 1 is 1.26 bits per heavy atom. The molecule has 8 N–H and O–H groups in total. The van der Waals surface area contributed by atoms with Crippen molar-refractivity contribution in [3.8, 4) is 0 Å². The summed E-state index contributed by atoms with van der Waals surface area (Å²) in [6.07, 6.45) is 7.65. The number of likely N-dealkylation sites (tertiary alicyclic amines) is 1. The number of nitrogens with one attached hydrogen (secondary N) is 4. The number of hydrogen-bond donors (Lipinski definition) is 6. The van der Waals surface area contributed by atoms with Gasteiger partial charge in [0.2, 0.25) is 11.8 Å². The SMILES string of the molecule is CNC(=O)[C@H](CCCCNC(=N)N)NC(=O)c1csc([C@@H]2C[C@@H](N)CN2C(=O)C2CCCCC2)n1. The number of unbranched alkanes of at least 4 members (excludes halogenated alkanes) is 1. The molecule has 0 spiro atoms. The quantitative estimate of drug-likeness (QED) is 0.154. The van der Waals surface area contributed by atoms with Crippen LogP contribution in [-0.4, -0.2) is 65.8 Å². The average molecular weight is 507 g/mol. The van der Waals surface area contributed by atoms with Gasteiger partial charge in [0.15, 0.2) is 5.96 Å². The first-order chi connectivity index (χ1) is 16.8. The van der Waals surface area contributed by atoms with Crippen molar-refractivity contribution in [2.75, 3.05) is 20.1 Å². The van der Waals surface area contributed by atoms with Gasteiger partial charge < -0.3 is 32.3 Å². The summed E-state index contributed by atoms with van der Waals surface area (Å²) in [5, 5.41) is 17.6. The Morgan fingerprint density at radius 2 is 2.00 bits per heavy atom. The summed E-state index contributed by atoms with van der Waals surface area (Å²) >= 11 is 1.35. The minimum Gasteiger partial charge on any atom is -0.370 e. The zero-order chi connectivity index (χ0) is 25.4. The van der Waals surface area contributed by atoms with Gasteiger partial charge in [0.1, 0.15) is 16.7 Å². The van der Waals surface area contributed by atoms with E-state index in [1.165, 1.54) is 24.8 Å². The molecule has 0 aromatic carbocycles. The van der Waals surface area contributed by atoms with Gasteiger partial charge in [0.25, 0.3) is 5.91 Å². The number of thiazole rings is 1. The van der Waals surface area contributed by atoms with Crippen LogP contribution < -0.4 is 27.4 Å². The maximum absolute atomic E-state index is 13.2. The standard InChI is InChI=1S/C23H38N8O3S/c1-27-19(32)16(9-5-6-10-28-23(25)26)29-20(33)17-13-35-21(30-17)18-11-15(24)12-31(18)22(34)14-7-3-2-4-8-14/h13-16,18H,2-12,24H2,1H3,(H,27,32)(H,29,33)(H4,25,26,28)/t15-,16+,18+/m1/s1. The molecule has 0 radical (unpaired) electrons. The molecule has 35 heavy (non-hydrogen) atoms. The summed E-state index contributed by atoms with van der Waals surface area (Å²) in [6, 6.07) is -1.02. The van der Waals surface area contributed by atoms with Gasteiger partial charge >= 0.3 is 0 Å². The van der Waals surface area contributed by atoms with Gasteiger partial charge in [-0.1, -0.05) is 19.3 Å². The maximum atomic E-state index is 13.2. The van der Waals surface area contributed by atoms with Crippen molar-refractivity contribution < 1.29 is 14.4 Å². The molecule has 2 aliphatic rings. The van der Waals surface area contributed by atoms with Crippen molar-refractivity contribution >= 4 is 35.0 Å². The van der Waals surface area contributed by atoms with Gasteiger partial charge in [-0.15, -0.1) is 11.3 Å². The Labute approximate surface area is 210 Å². The highest BCUT2D eigenvalue weighted by Crippen LogP contribution is 2.36. The third-order valence-corrected chi connectivity index (χ3v) is 7.66. The molecule has 2 heterocycles. The van der Waals surface area contributed by atoms with Crippen LogP contribution in [-0.2, 0) is 9.59 Å². The molecule has 1 aromatic heterocycles. The van der Waals surface area contributed by atoms with E-state index in [4.69, 9.17) is 16.9 Å². The Kier molecular flexibility index (Phi) is 9.84. The highest BCUT2D eigenvalue weighted by Gasteiger charge is 2.39. The van der Waals surface area contributed by atoms with Crippen molar-refractivity contribution in [1.82, 2.24) is 25.8 Å². The second-order valence-electron chi connectivity index (χ2n) is 9.38. The number of nitrogens with two attached hydrogens (primary N) is 2. The second kappa shape index (κ2) is 12.8. The predicted molar refractivity (Wildman–Crippen MR) is 135 cm³/mol. The molecule has 1 aliphatic heterocycles. The van der Waals surface area contributed by atoms with Crippen LogP contribution in [0.25, 0.3) is 0 Å². The molecule has 1 saturated heterocycles. The van der Waals surface area contributed by atoms with Crippen LogP contribution in [0, 0.1) is 11.3 Å². The van der Waals surface area contributed by atoms with E-state index in [0.29, 0.717) is 43.8 Å². The smallest absolute Gasteiger partial charge is 0.271 e. The lowest BCUT2D eigenvalue weighted by molar-refractivity contribution is -0.137. The van der Waals surface area contributed by atoms with Crippen molar-refractivity contribution in [1.29, 1.82) is 5.41 Å². The first kappa shape index (κ1) is 26.9. The highest BCUT2D eigenvalue weighted by molar-refractivity contribution is 7.09.